The van der Waals surface area contributed by atoms with Gasteiger partial charge in [-0.15, -0.1) is 0 Å². The predicted octanol–water partition coefficient (Wildman–Crippen LogP) is -0.989. The smallest absolute Gasteiger partial charge is 0.326 e. The number of carboxylic acids is 1. The number of aromatic nitrogens is 2. The van der Waals surface area contributed by atoms with Gasteiger partial charge in [-0.05, 0) is 5.92 Å². The van der Waals surface area contributed by atoms with Crippen molar-refractivity contribution in [2.75, 3.05) is 6.54 Å². The second kappa shape index (κ2) is 8.89. The number of carboxylic acid groups (broad SMARTS) is 1. The molecule has 128 valence electrons. The lowest BCUT2D eigenvalue weighted by Gasteiger charge is -2.20. The molecule has 0 saturated heterocycles. The second-order valence-electron chi connectivity index (χ2n) is 5.37. The first-order valence-electron chi connectivity index (χ1n) is 7.37. The van der Waals surface area contributed by atoms with E-state index in [4.69, 9.17) is 10.8 Å². The molecule has 9 nitrogen and oxygen atoms in total. The quantitative estimate of drug-likeness (QED) is 0.393. The summed E-state index contributed by atoms with van der Waals surface area (Å²) in [6, 6.07) is -1.81. The van der Waals surface area contributed by atoms with Gasteiger partial charge in [0.25, 0.3) is 0 Å². The van der Waals surface area contributed by atoms with Crippen LogP contribution in [0.15, 0.2) is 12.5 Å². The van der Waals surface area contributed by atoms with Gasteiger partial charge in [-0.2, -0.15) is 0 Å². The van der Waals surface area contributed by atoms with Gasteiger partial charge in [-0.25, -0.2) is 9.78 Å². The summed E-state index contributed by atoms with van der Waals surface area (Å²) in [5, 5.41) is 13.9. The van der Waals surface area contributed by atoms with Crippen molar-refractivity contribution in [3.63, 3.8) is 0 Å². The second-order valence-corrected chi connectivity index (χ2v) is 5.37. The zero-order valence-electron chi connectivity index (χ0n) is 13.2. The van der Waals surface area contributed by atoms with Gasteiger partial charge in [0.1, 0.15) is 6.04 Å². The predicted molar refractivity (Wildman–Crippen MR) is 82.3 cm³/mol. The molecule has 0 spiro atoms. The van der Waals surface area contributed by atoms with Crippen molar-refractivity contribution >= 4 is 17.8 Å². The number of nitrogens with zero attached hydrogens (tertiary/aromatic N) is 1. The topological polar surface area (TPSA) is 150 Å². The average Bonchev–Trinajstić information content (AvgIpc) is 3.01. The number of carbonyl (C=O) groups excluding carboxylic acids is 2. The van der Waals surface area contributed by atoms with Crippen molar-refractivity contribution in [2.45, 2.75) is 38.8 Å². The van der Waals surface area contributed by atoms with E-state index in [1.807, 2.05) is 6.92 Å². The maximum absolute atomic E-state index is 11.8. The first-order chi connectivity index (χ1) is 10.8. The third kappa shape index (κ3) is 6.07. The minimum absolute atomic E-state index is 0.213. The molecule has 0 aliphatic heterocycles. The molecule has 0 radical (unpaired) electrons. The van der Waals surface area contributed by atoms with Crippen LogP contribution in [-0.2, 0) is 20.8 Å². The fraction of sp³-hybridized carbons (Fsp3) is 0.571. The monoisotopic (exact) mass is 325 g/mol. The zero-order chi connectivity index (χ0) is 17.4. The van der Waals surface area contributed by atoms with E-state index in [0.717, 1.165) is 0 Å². The first kappa shape index (κ1) is 18.6. The average molecular weight is 325 g/mol. The molecular weight excluding hydrogens is 302 g/mol. The van der Waals surface area contributed by atoms with E-state index in [1.165, 1.54) is 6.33 Å². The molecular formula is C14H23N5O4. The lowest BCUT2D eigenvalue weighted by molar-refractivity contribution is -0.143. The molecule has 2 amide bonds. The van der Waals surface area contributed by atoms with E-state index >= 15 is 0 Å². The van der Waals surface area contributed by atoms with Crippen molar-refractivity contribution in [1.29, 1.82) is 0 Å². The standard InChI is InChI=1S/C14H23N5O4/c1-3-8(2)12(14(22)23)19-11(20)6-17-13(21)10(15)4-9-5-16-7-18-9/h5,7-8,10,12H,3-4,6,15H2,1-2H3,(H,16,18)(H,17,21)(H,19,20)(H,22,23)/t8-,10-,12-/m0/s1. The summed E-state index contributed by atoms with van der Waals surface area (Å²) in [5.74, 6) is -2.38. The molecule has 0 fully saturated rings. The Morgan fingerprint density at radius 1 is 1.43 bits per heavy atom. The van der Waals surface area contributed by atoms with E-state index in [2.05, 4.69) is 20.6 Å². The molecule has 0 unspecified atom stereocenters. The molecule has 9 heteroatoms. The maximum atomic E-state index is 11.8. The lowest BCUT2D eigenvalue weighted by Crippen LogP contribution is -2.50. The summed E-state index contributed by atoms with van der Waals surface area (Å²) in [4.78, 5) is 41.4. The Morgan fingerprint density at radius 2 is 2.13 bits per heavy atom. The fourth-order valence-corrected chi connectivity index (χ4v) is 1.93. The summed E-state index contributed by atoms with van der Waals surface area (Å²) in [6.45, 7) is 3.25. The van der Waals surface area contributed by atoms with E-state index in [0.29, 0.717) is 12.1 Å². The highest BCUT2D eigenvalue weighted by molar-refractivity contribution is 5.89. The Kier molecular flexibility index (Phi) is 7.20. The molecule has 1 aromatic rings. The molecule has 1 heterocycles. The van der Waals surface area contributed by atoms with Crippen molar-refractivity contribution in [3.05, 3.63) is 18.2 Å². The van der Waals surface area contributed by atoms with Gasteiger partial charge < -0.3 is 26.5 Å². The Hall–Kier alpha value is -2.42. The van der Waals surface area contributed by atoms with Crippen LogP contribution in [0.4, 0.5) is 0 Å². The Balaban J connectivity index is 2.42. The van der Waals surface area contributed by atoms with Crippen LogP contribution in [0, 0.1) is 5.92 Å². The number of H-pyrrole nitrogens is 1. The SMILES string of the molecule is CC[C@H](C)[C@H](NC(=O)CNC(=O)[C@@H](N)Cc1cnc[nH]1)C(=O)O. The minimum Gasteiger partial charge on any atom is -0.480 e. The van der Waals surface area contributed by atoms with Crippen LogP contribution in [0.5, 0.6) is 0 Å². The summed E-state index contributed by atoms with van der Waals surface area (Å²) in [5.41, 5.74) is 6.44. The summed E-state index contributed by atoms with van der Waals surface area (Å²) in [6.07, 6.45) is 3.91. The van der Waals surface area contributed by atoms with Crippen molar-refractivity contribution in [1.82, 2.24) is 20.6 Å². The van der Waals surface area contributed by atoms with Crippen LogP contribution in [0.3, 0.4) is 0 Å². The minimum atomic E-state index is -1.10. The van der Waals surface area contributed by atoms with Crippen LogP contribution in [0.25, 0.3) is 0 Å². The van der Waals surface area contributed by atoms with Crippen molar-refractivity contribution in [2.24, 2.45) is 11.7 Å². The van der Waals surface area contributed by atoms with Crippen molar-refractivity contribution < 1.29 is 19.5 Å². The Bertz CT molecular complexity index is 531. The van der Waals surface area contributed by atoms with Gasteiger partial charge >= 0.3 is 5.97 Å². The molecule has 0 bridgehead atoms. The van der Waals surface area contributed by atoms with E-state index < -0.39 is 29.9 Å². The molecule has 23 heavy (non-hydrogen) atoms. The van der Waals surface area contributed by atoms with E-state index in [1.54, 1.807) is 13.1 Å². The number of rotatable bonds is 9. The van der Waals surface area contributed by atoms with Gasteiger partial charge in [0.15, 0.2) is 0 Å². The normalized spacial score (nSPS) is 14.6. The third-order valence-electron chi connectivity index (χ3n) is 3.55. The van der Waals surface area contributed by atoms with Gasteiger partial charge in [0, 0.05) is 18.3 Å². The number of hydrogen-bond acceptors (Lipinski definition) is 5. The fourth-order valence-electron chi connectivity index (χ4n) is 1.93. The van der Waals surface area contributed by atoms with Crippen LogP contribution >= 0.6 is 0 Å². The molecule has 3 atom stereocenters. The number of imidazole rings is 1. The van der Waals surface area contributed by atoms with Crippen LogP contribution in [0.1, 0.15) is 26.0 Å². The van der Waals surface area contributed by atoms with Crippen LogP contribution in [0.2, 0.25) is 0 Å². The number of carbonyl (C=O) groups is 3. The van der Waals surface area contributed by atoms with Gasteiger partial charge in [-0.1, -0.05) is 20.3 Å². The highest BCUT2D eigenvalue weighted by Crippen LogP contribution is 2.07. The molecule has 1 aromatic heterocycles. The van der Waals surface area contributed by atoms with E-state index in [-0.39, 0.29) is 18.9 Å². The highest BCUT2D eigenvalue weighted by Gasteiger charge is 2.25. The Morgan fingerprint density at radius 3 is 2.65 bits per heavy atom. The highest BCUT2D eigenvalue weighted by atomic mass is 16.4. The van der Waals surface area contributed by atoms with Crippen molar-refractivity contribution in [3.8, 4) is 0 Å². The van der Waals surface area contributed by atoms with Crippen LogP contribution < -0.4 is 16.4 Å². The largest absolute Gasteiger partial charge is 0.480 e. The summed E-state index contributed by atoms with van der Waals surface area (Å²) in [7, 11) is 0. The molecule has 0 saturated carbocycles. The number of nitrogens with one attached hydrogen (secondary N) is 3. The third-order valence-corrected chi connectivity index (χ3v) is 3.55. The molecule has 0 aliphatic rings. The molecule has 6 N–H and O–H groups in total. The van der Waals surface area contributed by atoms with Gasteiger partial charge in [0.05, 0.1) is 18.9 Å². The molecule has 0 aliphatic carbocycles. The van der Waals surface area contributed by atoms with Gasteiger partial charge in [0.2, 0.25) is 11.8 Å². The summed E-state index contributed by atoms with van der Waals surface area (Å²) < 4.78 is 0. The number of hydrogen-bond donors (Lipinski definition) is 5. The number of aliphatic carboxylic acids is 1. The number of aromatic amines is 1. The first-order valence-corrected chi connectivity index (χ1v) is 7.37. The van der Waals surface area contributed by atoms with E-state index in [9.17, 15) is 14.4 Å². The Labute approximate surface area is 134 Å². The summed E-state index contributed by atoms with van der Waals surface area (Å²) >= 11 is 0. The lowest BCUT2D eigenvalue weighted by atomic mass is 9.99. The molecule has 1 rings (SSSR count). The number of nitrogens with two attached hydrogens (primary N) is 1. The molecule has 0 aromatic carbocycles. The maximum Gasteiger partial charge on any atom is 0.326 e. The zero-order valence-corrected chi connectivity index (χ0v) is 13.2. The van der Waals surface area contributed by atoms with Crippen LogP contribution in [-0.4, -0.2) is 51.5 Å². The van der Waals surface area contributed by atoms with Gasteiger partial charge in [-0.3, -0.25) is 9.59 Å². The number of amides is 2.